The Bertz CT molecular complexity index is 436. The van der Waals surface area contributed by atoms with E-state index in [1.807, 2.05) is 20.8 Å². The molecule has 0 spiro atoms. The fraction of sp³-hybridized carbons (Fsp3) is 0.917. The van der Waals surface area contributed by atoms with E-state index in [-0.39, 0.29) is 18.6 Å². The molecule has 0 radical (unpaired) electrons. The Morgan fingerprint density at radius 3 is 2.32 bits per heavy atom. The predicted octanol–water partition coefficient (Wildman–Crippen LogP) is 2.49. The van der Waals surface area contributed by atoms with Gasteiger partial charge in [0, 0.05) is 31.7 Å². The number of carbonyl (C=O) groups is 1. The molecule has 0 aromatic carbocycles. The number of halogens is 3. The Hall–Kier alpha value is -0.980. The fourth-order valence-electron chi connectivity index (χ4n) is 1.52. The molecule has 1 aliphatic heterocycles. The molecule has 0 aliphatic carbocycles. The zero-order valence-electron chi connectivity index (χ0n) is 14.5. The summed E-state index contributed by atoms with van der Waals surface area (Å²) in [7, 11) is 0. The van der Waals surface area contributed by atoms with Crippen molar-refractivity contribution in [2.45, 2.75) is 45.5 Å². The Morgan fingerprint density at radius 1 is 1.32 bits per heavy atom. The van der Waals surface area contributed by atoms with Crippen LogP contribution >= 0.6 is 0 Å². The maximum absolute atomic E-state index is 12.6. The van der Waals surface area contributed by atoms with Crippen LogP contribution in [0.15, 0.2) is 0 Å². The number of hydrogen-bond donors (Lipinski definition) is 0. The molecular formula is C12H21F3N2O2. The summed E-state index contributed by atoms with van der Waals surface area (Å²) in [6.45, 7) is 3.91. The van der Waals surface area contributed by atoms with Crippen LogP contribution in [0.1, 0.15) is 31.8 Å². The number of hydrogen-bond acceptors (Lipinski definition) is 3. The van der Waals surface area contributed by atoms with E-state index in [9.17, 15) is 18.0 Å². The minimum absolute atomic E-state index is 0.114. The Kier molecular flexibility index (Phi) is 3.46. The van der Waals surface area contributed by atoms with Crippen molar-refractivity contribution >= 4 is 6.09 Å². The summed E-state index contributed by atoms with van der Waals surface area (Å²) in [5.74, 6) is 0. The van der Waals surface area contributed by atoms with Crippen LogP contribution in [0.4, 0.5) is 18.0 Å². The highest BCUT2D eigenvalue weighted by Crippen LogP contribution is 2.23. The molecule has 1 atom stereocenters. The average Bonchev–Trinajstić information content (AvgIpc) is 2.23. The largest absolute Gasteiger partial charge is 0.437 e. The van der Waals surface area contributed by atoms with Gasteiger partial charge in [-0.25, -0.2) is 4.79 Å². The van der Waals surface area contributed by atoms with Gasteiger partial charge in [0.25, 0.3) is 0 Å². The summed E-state index contributed by atoms with van der Waals surface area (Å²) >= 11 is 0. The summed E-state index contributed by atoms with van der Waals surface area (Å²) in [6.07, 6.45) is -9.95. The molecule has 112 valence electrons. The molecule has 1 heterocycles. The summed E-state index contributed by atoms with van der Waals surface area (Å²) in [5, 5.41) is 0. The van der Waals surface area contributed by atoms with E-state index in [4.69, 9.17) is 4.11 Å². The van der Waals surface area contributed by atoms with Crippen LogP contribution in [0, 0.1) is 0 Å². The molecule has 1 rings (SSSR count). The van der Waals surface area contributed by atoms with Gasteiger partial charge in [0.2, 0.25) is 0 Å². The lowest BCUT2D eigenvalue weighted by atomic mass is 10.1. The van der Waals surface area contributed by atoms with Crippen LogP contribution in [0.3, 0.4) is 0 Å². The summed E-state index contributed by atoms with van der Waals surface area (Å²) in [4.78, 5) is 14.3. The lowest BCUT2D eigenvalue weighted by molar-refractivity contribution is -0.200. The number of carbonyl (C=O) groups excluding carboxylic acids is 1. The molecule has 0 aromatic rings. The van der Waals surface area contributed by atoms with Crippen molar-refractivity contribution in [3.8, 4) is 0 Å². The monoisotopic (exact) mass is 285 g/mol. The number of ether oxygens (including phenoxy) is 1. The van der Waals surface area contributed by atoms with E-state index in [1.54, 1.807) is 4.90 Å². The maximum Gasteiger partial charge on any atom is 0.425 e. The lowest BCUT2D eigenvalue weighted by Gasteiger charge is -2.42. The predicted molar refractivity (Wildman–Crippen MR) is 64.9 cm³/mol. The molecule has 1 fully saturated rings. The van der Waals surface area contributed by atoms with E-state index >= 15 is 0 Å². The van der Waals surface area contributed by atoms with E-state index in [2.05, 4.69) is 4.74 Å². The molecule has 1 saturated heterocycles. The number of alkyl halides is 3. The first-order valence-electron chi connectivity index (χ1n) is 7.40. The molecule has 0 N–H and O–H groups in total. The van der Waals surface area contributed by atoms with Gasteiger partial charge in [0.05, 0.1) is 4.11 Å². The van der Waals surface area contributed by atoms with E-state index in [0.717, 1.165) is 0 Å². The highest BCUT2D eigenvalue weighted by Gasteiger charge is 2.40. The summed E-state index contributed by atoms with van der Waals surface area (Å²) in [5.41, 5.74) is -0.334. The van der Waals surface area contributed by atoms with Gasteiger partial charge in [-0.1, -0.05) is 0 Å². The minimum Gasteiger partial charge on any atom is -0.437 e. The van der Waals surface area contributed by atoms with Crippen molar-refractivity contribution in [2.24, 2.45) is 0 Å². The molecule has 7 heteroatoms. The molecule has 1 aliphatic rings. The van der Waals surface area contributed by atoms with Crippen molar-refractivity contribution in [1.29, 1.82) is 0 Å². The molecule has 19 heavy (non-hydrogen) atoms. The van der Waals surface area contributed by atoms with Crippen LogP contribution in [0.5, 0.6) is 0 Å². The third-order valence-electron chi connectivity index (χ3n) is 2.85. The van der Waals surface area contributed by atoms with E-state index in [0.29, 0.717) is 18.4 Å². The Labute approximate surface area is 115 Å². The number of rotatable bonds is 1. The number of amides is 1. The molecule has 0 bridgehead atoms. The third-order valence-corrected chi connectivity index (χ3v) is 2.85. The fourth-order valence-corrected chi connectivity index (χ4v) is 1.52. The van der Waals surface area contributed by atoms with Crippen molar-refractivity contribution in [3.63, 3.8) is 0 Å². The second-order valence-corrected chi connectivity index (χ2v) is 5.32. The van der Waals surface area contributed by atoms with Crippen LogP contribution in [-0.4, -0.2) is 59.8 Å². The van der Waals surface area contributed by atoms with Crippen LogP contribution in [0.25, 0.3) is 0 Å². The van der Waals surface area contributed by atoms with E-state index in [1.165, 1.54) is 0 Å². The smallest absolute Gasteiger partial charge is 0.425 e. The number of nitrogens with zero attached hydrogens (tertiary/aromatic N) is 2. The number of piperazine rings is 1. The molecular weight excluding hydrogens is 261 g/mol. The van der Waals surface area contributed by atoms with E-state index < -0.39 is 24.8 Å². The van der Waals surface area contributed by atoms with Gasteiger partial charge in [-0.2, -0.15) is 13.2 Å². The van der Waals surface area contributed by atoms with Gasteiger partial charge in [0.15, 0.2) is 6.08 Å². The quantitative estimate of drug-likeness (QED) is 0.742. The lowest BCUT2D eigenvalue weighted by Crippen LogP contribution is -2.55. The second-order valence-electron chi connectivity index (χ2n) is 5.32. The summed E-state index contributed by atoms with van der Waals surface area (Å²) in [6, 6.07) is 0. The minimum atomic E-state index is -5.05. The molecule has 1 unspecified atom stereocenters. The first kappa shape index (κ1) is 11.8. The molecule has 0 aromatic heterocycles. The van der Waals surface area contributed by atoms with Gasteiger partial charge >= 0.3 is 12.3 Å². The van der Waals surface area contributed by atoms with Crippen LogP contribution < -0.4 is 0 Å². The highest BCUT2D eigenvalue weighted by molar-refractivity contribution is 5.68. The Balaban J connectivity index is 2.84. The van der Waals surface area contributed by atoms with Gasteiger partial charge in [-0.3, -0.25) is 4.90 Å². The van der Waals surface area contributed by atoms with Gasteiger partial charge in [-0.15, -0.1) is 0 Å². The molecule has 1 amide bonds. The highest BCUT2D eigenvalue weighted by atomic mass is 19.4. The van der Waals surface area contributed by atoms with Gasteiger partial charge in [-0.05, 0) is 27.7 Å². The van der Waals surface area contributed by atoms with Crippen molar-refractivity contribution in [3.05, 3.63) is 0 Å². The SMILES string of the molecule is [2H]C1([2H])CN(C(C)(C)C)CCN1C(=O)OC([2H])(C)C(F)(F)F. The summed E-state index contributed by atoms with van der Waals surface area (Å²) < 4.78 is 64.8. The normalized spacial score (nSPS) is 26.9. The maximum atomic E-state index is 12.6. The van der Waals surface area contributed by atoms with Gasteiger partial charge < -0.3 is 9.64 Å². The first-order valence-corrected chi connectivity index (χ1v) is 5.90. The zero-order valence-corrected chi connectivity index (χ0v) is 11.5. The topological polar surface area (TPSA) is 32.8 Å². The van der Waals surface area contributed by atoms with Crippen LogP contribution in [0.2, 0.25) is 0 Å². The third kappa shape index (κ3) is 4.56. The standard InChI is InChI=1S/C12H21F3N2O2/c1-9(12(13,14)15)19-10(18)16-5-7-17(8-6-16)11(2,3)4/h9H,5-8H2,1-4H3/i5D2,9D. The van der Waals surface area contributed by atoms with Crippen LogP contribution in [-0.2, 0) is 4.74 Å². The average molecular weight is 285 g/mol. The second kappa shape index (κ2) is 5.56. The van der Waals surface area contributed by atoms with Crippen molar-refractivity contribution in [1.82, 2.24) is 9.80 Å². The zero-order chi connectivity index (χ0) is 17.6. The van der Waals surface area contributed by atoms with Crippen molar-refractivity contribution in [2.75, 3.05) is 26.1 Å². The van der Waals surface area contributed by atoms with Crippen molar-refractivity contribution < 1.29 is 26.8 Å². The molecule has 4 nitrogen and oxygen atoms in total. The van der Waals surface area contributed by atoms with Gasteiger partial charge in [0.1, 0.15) is 0 Å². The first-order chi connectivity index (χ1) is 9.58. The molecule has 0 saturated carbocycles. The Morgan fingerprint density at radius 2 is 1.89 bits per heavy atom.